The molecular weight excluding hydrogens is 50.0 g/mol. The lowest BCUT2D eigenvalue weighted by atomic mass is 11.6. The molecular formula is C3H13N. The van der Waals surface area contributed by atoms with Gasteiger partial charge in [-0.1, -0.05) is 14.9 Å². The Morgan fingerprint density at radius 3 is 1.00 bits per heavy atom. The van der Waals surface area contributed by atoms with Crippen LogP contribution >= 0.6 is 0 Å². The quantitative estimate of drug-likeness (QED) is 0.443. The molecule has 0 unspecified atom stereocenters. The van der Waals surface area contributed by atoms with Crippen molar-refractivity contribution in [1.29, 1.82) is 0 Å². The van der Waals surface area contributed by atoms with E-state index in [2.05, 4.69) is 5.73 Å². The van der Waals surface area contributed by atoms with Crippen molar-refractivity contribution >= 4 is 0 Å². The van der Waals surface area contributed by atoms with Gasteiger partial charge in [0.25, 0.3) is 0 Å². The highest BCUT2D eigenvalue weighted by molar-refractivity contribution is 3.54. The summed E-state index contributed by atoms with van der Waals surface area (Å²) in [4.78, 5) is 0. The summed E-state index contributed by atoms with van der Waals surface area (Å²) in [5.41, 5.74) is 4.50. The van der Waals surface area contributed by atoms with Gasteiger partial charge in [-0.2, -0.15) is 0 Å². The van der Waals surface area contributed by atoms with Crippen LogP contribution in [0.1, 0.15) is 14.9 Å². The Kier molecular flexibility index (Phi) is 66900. The Bertz CT molecular complexity index is 3.25. The molecule has 2 N–H and O–H groups in total. The lowest BCUT2D eigenvalue weighted by Crippen LogP contribution is -1.69. The number of rotatable bonds is 0. The molecule has 0 rings (SSSR count). The SMILES string of the molecule is C.C.CN. The van der Waals surface area contributed by atoms with Gasteiger partial charge in [-0.15, -0.1) is 0 Å². The van der Waals surface area contributed by atoms with Crippen molar-refractivity contribution in [3.63, 3.8) is 0 Å². The van der Waals surface area contributed by atoms with Gasteiger partial charge in [0, 0.05) is 0 Å². The smallest absolute Gasteiger partial charge is 0.0195 e. The van der Waals surface area contributed by atoms with E-state index in [1.54, 1.807) is 0 Å². The number of nitrogens with two attached hydrogens (primary N) is 1. The molecule has 30 valence electrons. The zero-order valence-electron chi connectivity index (χ0n) is 1.58. The summed E-state index contributed by atoms with van der Waals surface area (Å²) >= 11 is 0. The van der Waals surface area contributed by atoms with Gasteiger partial charge >= 0.3 is 0 Å². The first kappa shape index (κ1) is 37.6. The maximum absolute atomic E-state index is 4.50. The number of hydrogen-bond acceptors (Lipinski definition) is 1. The summed E-state index contributed by atoms with van der Waals surface area (Å²) in [7, 11) is 1.50. The highest BCUT2D eigenvalue weighted by Crippen LogP contribution is 0.469. The Morgan fingerprint density at radius 2 is 1.00 bits per heavy atom. The molecule has 0 bridgehead atoms. The summed E-state index contributed by atoms with van der Waals surface area (Å²) in [6, 6.07) is 0. The molecule has 0 aliphatic carbocycles. The Balaban J connectivity index is -0.00000000500. The molecule has 0 aromatic heterocycles. The van der Waals surface area contributed by atoms with Gasteiger partial charge in [-0.05, 0) is 7.05 Å². The minimum Gasteiger partial charge on any atom is -0.333 e. The van der Waals surface area contributed by atoms with E-state index in [9.17, 15) is 0 Å². The molecule has 0 aromatic carbocycles. The molecule has 0 heterocycles. The third kappa shape index (κ3) is 1130. The normalized spacial score (nSPS) is 1.50. The maximum atomic E-state index is 4.50. The average molecular weight is 63.1 g/mol. The third-order valence-electron chi connectivity index (χ3n) is 0. The van der Waals surface area contributed by atoms with Crippen LogP contribution in [0.5, 0.6) is 0 Å². The zero-order valence-corrected chi connectivity index (χ0v) is 1.58. The topological polar surface area (TPSA) is 26.0 Å². The zero-order chi connectivity index (χ0) is 2.00. The fourth-order valence-electron chi connectivity index (χ4n) is 0. The second-order valence-corrected chi connectivity index (χ2v) is 0. The molecule has 1 nitrogen and oxygen atoms in total. The molecule has 0 saturated heterocycles. The Morgan fingerprint density at radius 1 is 1.00 bits per heavy atom. The van der Waals surface area contributed by atoms with Crippen molar-refractivity contribution in [2.45, 2.75) is 14.9 Å². The van der Waals surface area contributed by atoms with Gasteiger partial charge in [-0.3, -0.25) is 0 Å². The molecule has 0 saturated carbocycles. The van der Waals surface area contributed by atoms with Crippen LogP contribution in [-0.4, -0.2) is 7.05 Å². The molecule has 0 aliphatic rings. The van der Waals surface area contributed by atoms with Crippen molar-refractivity contribution in [3.8, 4) is 0 Å². The van der Waals surface area contributed by atoms with Gasteiger partial charge in [0.1, 0.15) is 0 Å². The van der Waals surface area contributed by atoms with Crippen molar-refractivity contribution in [2.75, 3.05) is 7.05 Å². The second kappa shape index (κ2) is 7110. The van der Waals surface area contributed by atoms with Crippen LogP contribution in [0.3, 0.4) is 0 Å². The molecule has 0 aliphatic heterocycles. The van der Waals surface area contributed by atoms with Crippen molar-refractivity contribution in [1.82, 2.24) is 0 Å². The van der Waals surface area contributed by atoms with Crippen LogP contribution in [0.15, 0.2) is 0 Å². The van der Waals surface area contributed by atoms with E-state index in [1.165, 1.54) is 7.05 Å². The molecule has 0 atom stereocenters. The molecule has 0 fully saturated rings. The van der Waals surface area contributed by atoms with E-state index in [-0.39, 0.29) is 14.9 Å². The minimum atomic E-state index is 0. The van der Waals surface area contributed by atoms with Gasteiger partial charge in [0.2, 0.25) is 0 Å². The van der Waals surface area contributed by atoms with Crippen LogP contribution in [0.4, 0.5) is 0 Å². The van der Waals surface area contributed by atoms with Crippen molar-refractivity contribution < 1.29 is 0 Å². The first-order valence-electron chi connectivity index (χ1n) is 0.577. The van der Waals surface area contributed by atoms with Crippen LogP contribution < -0.4 is 5.73 Å². The predicted octanol–water partition coefficient (Wildman–Crippen LogP) is 0.847. The highest BCUT2D eigenvalue weighted by atomic mass is 14.4. The molecule has 0 radical (unpaired) electrons. The summed E-state index contributed by atoms with van der Waals surface area (Å²) in [5.74, 6) is 0. The molecule has 4 heavy (non-hydrogen) atoms. The Hall–Kier alpha value is -0.0400. The summed E-state index contributed by atoms with van der Waals surface area (Å²) in [6.45, 7) is 0. The van der Waals surface area contributed by atoms with Gasteiger partial charge in [0.15, 0.2) is 0 Å². The molecule has 0 spiro atoms. The fraction of sp³-hybridized carbons (Fsp3) is 1.00. The van der Waals surface area contributed by atoms with Gasteiger partial charge in [-0.25, -0.2) is 0 Å². The maximum Gasteiger partial charge on any atom is -0.0195 e. The first-order chi connectivity index (χ1) is 1.00. The molecule has 0 amide bonds. The molecule has 0 aromatic rings. The lowest BCUT2D eigenvalue weighted by Gasteiger charge is -1.19. The standard InChI is InChI=1S/CH5N.2CH4/c1-2;;/h2H2,1H3;2*1H4. The minimum absolute atomic E-state index is 0. The van der Waals surface area contributed by atoms with E-state index in [0.717, 1.165) is 0 Å². The van der Waals surface area contributed by atoms with Crippen molar-refractivity contribution in [3.05, 3.63) is 0 Å². The Labute approximate surface area is 28.8 Å². The van der Waals surface area contributed by atoms with Crippen molar-refractivity contribution in [2.24, 2.45) is 5.73 Å². The highest BCUT2D eigenvalue weighted by Gasteiger charge is 0.836. The van der Waals surface area contributed by atoms with Crippen LogP contribution in [0, 0.1) is 0 Å². The van der Waals surface area contributed by atoms with E-state index < -0.39 is 0 Å². The van der Waals surface area contributed by atoms with E-state index >= 15 is 0 Å². The summed E-state index contributed by atoms with van der Waals surface area (Å²) in [6.07, 6.45) is 0. The molecule has 1 heteroatoms. The van der Waals surface area contributed by atoms with Gasteiger partial charge in [0.05, 0.1) is 0 Å². The van der Waals surface area contributed by atoms with E-state index in [4.69, 9.17) is 0 Å². The largest absolute Gasteiger partial charge is 0.333 e. The third-order valence-corrected chi connectivity index (χ3v) is 0. The summed E-state index contributed by atoms with van der Waals surface area (Å²) < 4.78 is 0. The van der Waals surface area contributed by atoms with Gasteiger partial charge < -0.3 is 5.73 Å². The second-order valence-electron chi connectivity index (χ2n) is 0. The van der Waals surface area contributed by atoms with Crippen LogP contribution in [0.25, 0.3) is 0 Å². The van der Waals surface area contributed by atoms with E-state index in [1.807, 2.05) is 0 Å². The van der Waals surface area contributed by atoms with E-state index in [0.29, 0.717) is 0 Å². The lowest BCUT2D eigenvalue weighted by molar-refractivity contribution is 1.48. The fourth-order valence-corrected chi connectivity index (χ4v) is 0. The average Bonchev–Trinajstić information content (AvgIpc) is 1.00. The van der Waals surface area contributed by atoms with Crippen LogP contribution in [-0.2, 0) is 0 Å². The number of hydrogen-bond donors (Lipinski definition) is 1. The summed E-state index contributed by atoms with van der Waals surface area (Å²) in [5, 5.41) is 0. The first-order valence-corrected chi connectivity index (χ1v) is 0.577. The monoisotopic (exact) mass is 63.1 g/mol. The van der Waals surface area contributed by atoms with Crippen LogP contribution in [0.2, 0.25) is 0 Å². The predicted molar refractivity (Wildman–Crippen MR) is 23.6 cm³/mol.